The lowest BCUT2D eigenvalue weighted by molar-refractivity contribution is -0.119. The second-order valence-electron chi connectivity index (χ2n) is 7.08. The van der Waals surface area contributed by atoms with Gasteiger partial charge < -0.3 is 14.9 Å². The van der Waals surface area contributed by atoms with Gasteiger partial charge in [-0.15, -0.1) is 0 Å². The minimum atomic E-state index is -0.998. The monoisotopic (exact) mass is 402 g/mol. The standard InChI is InChI=1S/C20H23ClN4O3/c1-23(2)8-9-25-18(26)13-24(11-15-4-3-5-17(21)19(15)25)12-16-10-14(20(27)28)6-7-22-16/h3-7,10H,8-9,11-13H2,1-2H3,(H,27,28). The van der Waals surface area contributed by atoms with Crippen molar-refractivity contribution in [1.29, 1.82) is 0 Å². The number of para-hydroxylation sites is 1. The molecule has 1 aromatic heterocycles. The number of carbonyl (C=O) groups excluding carboxylic acids is 1. The highest BCUT2D eigenvalue weighted by atomic mass is 35.5. The van der Waals surface area contributed by atoms with E-state index in [1.54, 1.807) is 17.0 Å². The largest absolute Gasteiger partial charge is 0.478 e. The molecule has 0 spiro atoms. The van der Waals surface area contributed by atoms with Crippen molar-refractivity contribution >= 4 is 29.2 Å². The Labute approximate surface area is 169 Å². The fourth-order valence-corrected chi connectivity index (χ4v) is 3.56. The van der Waals surface area contributed by atoms with E-state index in [9.17, 15) is 14.7 Å². The van der Waals surface area contributed by atoms with Crippen LogP contribution < -0.4 is 4.90 Å². The van der Waals surface area contributed by atoms with Crippen molar-refractivity contribution in [3.05, 3.63) is 58.4 Å². The molecule has 0 radical (unpaired) electrons. The zero-order valence-electron chi connectivity index (χ0n) is 15.9. The van der Waals surface area contributed by atoms with E-state index >= 15 is 0 Å². The Morgan fingerprint density at radius 2 is 2.07 bits per heavy atom. The minimum absolute atomic E-state index is 0.0388. The Morgan fingerprint density at radius 1 is 1.29 bits per heavy atom. The molecule has 1 aliphatic heterocycles. The maximum absolute atomic E-state index is 13.0. The van der Waals surface area contributed by atoms with Crippen molar-refractivity contribution in [2.75, 3.05) is 38.6 Å². The number of anilines is 1. The average molecular weight is 403 g/mol. The third-order valence-electron chi connectivity index (χ3n) is 4.61. The summed E-state index contributed by atoms with van der Waals surface area (Å²) < 4.78 is 0. The van der Waals surface area contributed by atoms with Crippen LogP contribution in [-0.4, -0.2) is 65.5 Å². The zero-order chi connectivity index (χ0) is 20.3. The van der Waals surface area contributed by atoms with Crippen molar-refractivity contribution < 1.29 is 14.7 Å². The molecule has 28 heavy (non-hydrogen) atoms. The van der Waals surface area contributed by atoms with Gasteiger partial charge >= 0.3 is 5.97 Å². The van der Waals surface area contributed by atoms with Gasteiger partial charge in [0, 0.05) is 32.4 Å². The number of nitrogens with zero attached hydrogens (tertiary/aromatic N) is 4. The number of carbonyl (C=O) groups is 2. The van der Waals surface area contributed by atoms with Crippen LogP contribution in [0.3, 0.4) is 0 Å². The van der Waals surface area contributed by atoms with E-state index in [1.165, 1.54) is 12.3 Å². The van der Waals surface area contributed by atoms with E-state index in [4.69, 9.17) is 11.6 Å². The van der Waals surface area contributed by atoms with Crippen LogP contribution in [-0.2, 0) is 17.9 Å². The van der Waals surface area contributed by atoms with Gasteiger partial charge in [-0.3, -0.25) is 14.7 Å². The van der Waals surface area contributed by atoms with Gasteiger partial charge in [0.2, 0.25) is 5.91 Å². The predicted octanol–water partition coefficient (Wildman–Crippen LogP) is 2.34. The lowest BCUT2D eigenvalue weighted by Gasteiger charge is -2.25. The van der Waals surface area contributed by atoms with Crippen molar-refractivity contribution in [2.45, 2.75) is 13.1 Å². The molecule has 1 amide bonds. The minimum Gasteiger partial charge on any atom is -0.478 e. The van der Waals surface area contributed by atoms with E-state index in [0.29, 0.717) is 30.4 Å². The number of aromatic carboxylic acids is 1. The molecule has 7 nitrogen and oxygen atoms in total. The molecule has 0 aliphatic carbocycles. The highest BCUT2D eigenvalue weighted by molar-refractivity contribution is 6.34. The molecule has 0 bridgehead atoms. The number of pyridine rings is 1. The van der Waals surface area contributed by atoms with Crippen LogP contribution in [0.1, 0.15) is 21.6 Å². The van der Waals surface area contributed by atoms with Gasteiger partial charge in [0.25, 0.3) is 0 Å². The van der Waals surface area contributed by atoms with Gasteiger partial charge in [0.05, 0.1) is 28.5 Å². The Morgan fingerprint density at radius 3 is 2.79 bits per heavy atom. The van der Waals surface area contributed by atoms with E-state index < -0.39 is 5.97 Å². The predicted molar refractivity (Wildman–Crippen MR) is 108 cm³/mol. The van der Waals surface area contributed by atoms with Crippen LogP contribution in [0.5, 0.6) is 0 Å². The molecular formula is C20H23ClN4O3. The number of carboxylic acid groups (broad SMARTS) is 1. The third-order valence-corrected chi connectivity index (χ3v) is 4.92. The lowest BCUT2D eigenvalue weighted by Crippen LogP contribution is -2.40. The van der Waals surface area contributed by atoms with Crippen molar-refractivity contribution in [3.8, 4) is 0 Å². The van der Waals surface area contributed by atoms with Gasteiger partial charge in [0.15, 0.2) is 0 Å². The Kier molecular flexibility index (Phi) is 6.28. The molecule has 0 unspecified atom stereocenters. The molecule has 8 heteroatoms. The molecule has 3 rings (SSSR count). The number of fused-ring (bicyclic) bond motifs is 1. The summed E-state index contributed by atoms with van der Waals surface area (Å²) in [6.07, 6.45) is 1.48. The molecule has 2 heterocycles. The number of rotatable bonds is 6. The molecule has 0 atom stereocenters. The number of likely N-dealkylation sites (N-methyl/N-ethyl adjacent to an activating group) is 1. The molecule has 148 valence electrons. The summed E-state index contributed by atoms with van der Waals surface area (Å²) in [6, 6.07) is 8.64. The number of amides is 1. The average Bonchev–Trinajstić information content (AvgIpc) is 2.76. The summed E-state index contributed by atoms with van der Waals surface area (Å²) in [4.78, 5) is 34.2. The first-order chi connectivity index (χ1) is 13.3. The summed E-state index contributed by atoms with van der Waals surface area (Å²) in [5, 5.41) is 9.73. The molecule has 1 aliphatic rings. The molecule has 1 aromatic carbocycles. The van der Waals surface area contributed by atoms with Gasteiger partial charge in [-0.25, -0.2) is 4.79 Å². The number of hydrogen-bond donors (Lipinski definition) is 1. The quantitative estimate of drug-likeness (QED) is 0.799. The van der Waals surface area contributed by atoms with E-state index in [1.807, 2.05) is 36.0 Å². The van der Waals surface area contributed by atoms with Crippen LogP contribution in [0.15, 0.2) is 36.5 Å². The van der Waals surface area contributed by atoms with Crippen molar-refractivity contribution in [3.63, 3.8) is 0 Å². The van der Waals surface area contributed by atoms with E-state index in [2.05, 4.69) is 4.98 Å². The van der Waals surface area contributed by atoms with Gasteiger partial charge in [-0.1, -0.05) is 23.7 Å². The van der Waals surface area contributed by atoms with Gasteiger partial charge in [0.1, 0.15) is 0 Å². The summed E-state index contributed by atoms with van der Waals surface area (Å²) in [5.41, 5.74) is 2.51. The second kappa shape index (κ2) is 8.68. The SMILES string of the molecule is CN(C)CCN1C(=O)CN(Cc2cc(C(=O)O)ccn2)Cc2cccc(Cl)c21. The van der Waals surface area contributed by atoms with Crippen LogP contribution >= 0.6 is 11.6 Å². The fourth-order valence-electron chi connectivity index (χ4n) is 3.26. The maximum Gasteiger partial charge on any atom is 0.335 e. The molecular weight excluding hydrogens is 380 g/mol. The van der Waals surface area contributed by atoms with Crippen LogP contribution in [0.25, 0.3) is 0 Å². The molecule has 0 saturated heterocycles. The summed E-state index contributed by atoms with van der Waals surface area (Å²) in [7, 11) is 3.92. The van der Waals surface area contributed by atoms with Crippen LogP contribution in [0.2, 0.25) is 5.02 Å². The Bertz CT molecular complexity index is 888. The summed E-state index contributed by atoms with van der Waals surface area (Å²) in [5.74, 6) is -1.04. The number of hydrogen-bond acceptors (Lipinski definition) is 5. The van der Waals surface area contributed by atoms with Gasteiger partial charge in [-0.2, -0.15) is 0 Å². The second-order valence-corrected chi connectivity index (χ2v) is 7.49. The van der Waals surface area contributed by atoms with Crippen LogP contribution in [0.4, 0.5) is 5.69 Å². The highest BCUT2D eigenvalue weighted by Crippen LogP contribution is 2.33. The first-order valence-electron chi connectivity index (χ1n) is 8.98. The molecule has 0 saturated carbocycles. The third kappa shape index (κ3) is 4.67. The maximum atomic E-state index is 13.0. The fraction of sp³-hybridized carbons (Fsp3) is 0.350. The summed E-state index contributed by atoms with van der Waals surface area (Å²) in [6.45, 7) is 2.37. The molecule has 2 aromatic rings. The first-order valence-corrected chi connectivity index (χ1v) is 9.36. The molecule has 1 N–H and O–H groups in total. The number of halogens is 1. The number of aromatic nitrogens is 1. The Balaban J connectivity index is 1.88. The topological polar surface area (TPSA) is 77.0 Å². The van der Waals surface area contributed by atoms with Gasteiger partial charge in [-0.05, 0) is 37.9 Å². The molecule has 0 fully saturated rings. The van der Waals surface area contributed by atoms with E-state index in [-0.39, 0.29) is 18.0 Å². The number of carboxylic acids is 1. The van der Waals surface area contributed by atoms with Crippen molar-refractivity contribution in [2.24, 2.45) is 0 Å². The Hall–Kier alpha value is -2.48. The number of benzene rings is 1. The lowest BCUT2D eigenvalue weighted by atomic mass is 10.1. The van der Waals surface area contributed by atoms with Crippen molar-refractivity contribution in [1.82, 2.24) is 14.8 Å². The highest BCUT2D eigenvalue weighted by Gasteiger charge is 2.28. The van der Waals surface area contributed by atoms with Crippen LogP contribution in [0, 0.1) is 0 Å². The summed E-state index contributed by atoms with van der Waals surface area (Å²) >= 11 is 6.45. The smallest absolute Gasteiger partial charge is 0.335 e. The first kappa shape index (κ1) is 20.3. The normalized spacial score (nSPS) is 14.9. The zero-order valence-corrected chi connectivity index (χ0v) is 16.7. The van der Waals surface area contributed by atoms with E-state index in [0.717, 1.165) is 17.8 Å².